The van der Waals surface area contributed by atoms with E-state index in [-0.39, 0.29) is 18.1 Å². The van der Waals surface area contributed by atoms with Crippen molar-refractivity contribution in [3.8, 4) is 33.9 Å². The Labute approximate surface area is 217 Å². The van der Waals surface area contributed by atoms with Gasteiger partial charge < -0.3 is 20.3 Å². The van der Waals surface area contributed by atoms with Crippen molar-refractivity contribution in [2.75, 3.05) is 12.4 Å². The van der Waals surface area contributed by atoms with Crippen LogP contribution >= 0.6 is 11.6 Å². The predicted octanol–water partition coefficient (Wildman–Crippen LogP) is 5.90. The van der Waals surface area contributed by atoms with Crippen molar-refractivity contribution < 1.29 is 24.5 Å². The molecule has 0 radical (unpaired) electrons. The number of aromatic nitrogens is 1. The number of hydrogen-bond acceptors (Lipinski definition) is 5. The Morgan fingerprint density at radius 3 is 2.57 bits per heavy atom. The third kappa shape index (κ3) is 4.77. The third-order valence-electron chi connectivity index (χ3n) is 6.10. The van der Waals surface area contributed by atoms with E-state index < -0.39 is 5.97 Å². The second-order valence-electron chi connectivity index (χ2n) is 8.48. The molecule has 1 amide bonds. The van der Waals surface area contributed by atoms with E-state index in [1.165, 1.54) is 7.11 Å². The molecule has 0 saturated carbocycles. The minimum atomic E-state index is -0.979. The Kier molecular flexibility index (Phi) is 6.38. The number of nitrogens with zero attached hydrogens (tertiary/aromatic N) is 1. The van der Waals surface area contributed by atoms with Crippen LogP contribution in [0.4, 0.5) is 5.69 Å². The lowest BCUT2D eigenvalue weighted by Crippen LogP contribution is -2.04. The van der Waals surface area contributed by atoms with Crippen LogP contribution in [0.5, 0.6) is 11.5 Å². The summed E-state index contributed by atoms with van der Waals surface area (Å²) in [7, 11) is 1.48. The highest BCUT2D eigenvalue weighted by molar-refractivity contribution is 6.38. The van der Waals surface area contributed by atoms with Gasteiger partial charge in [0.25, 0.3) is 5.91 Å². The Morgan fingerprint density at radius 2 is 1.86 bits per heavy atom. The van der Waals surface area contributed by atoms with Gasteiger partial charge in [0.05, 0.1) is 29.9 Å². The topological polar surface area (TPSA) is 109 Å². The molecule has 1 aliphatic rings. The molecule has 1 aromatic heterocycles. The number of hydrogen-bond donors (Lipinski definition) is 3. The van der Waals surface area contributed by atoms with Crippen LogP contribution in [0.15, 0.2) is 72.9 Å². The van der Waals surface area contributed by atoms with Crippen molar-refractivity contribution in [2.45, 2.75) is 6.42 Å². The number of anilines is 1. The number of methoxy groups -OCH3 is 1. The van der Waals surface area contributed by atoms with Gasteiger partial charge in [0.15, 0.2) is 0 Å². The lowest BCUT2D eigenvalue weighted by atomic mass is 9.98. The summed E-state index contributed by atoms with van der Waals surface area (Å²) in [6.45, 7) is 0. The summed E-state index contributed by atoms with van der Waals surface area (Å²) in [6.07, 6.45) is 3.17. The van der Waals surface area contributed by atoms with Gasteiger partial charge in [-0.1, -0.05) is 41.9 Å². The second kappa shape index (κ2) is 9.79. The molecular formula is C29H21ClN2O5. The average Bonchev–Trinajstić information content (AvgIpc) is 3.17. The van der Waals surface area contributed by atoms with Crippen LogP contribution in [0.1, 0.15) is 16.7 Å². The lowest BCUT2D eigenvalue weighted by molar-refractivity contribution is -0.136. The van der Waals surface area contributed by atoms with Crippen LogP contribution in [0.3, 0.4) is 0 Å². The highest BCUT2D eigenvalue weighted by Gasteiger charge is 2.26. The molecule has 3 aromatic carbocycles. The summed E-state index contributed by atoms with van der Waals surface area (Å²) >= 11 is 6.56. The fourth-order valence-corrected chi connectivity index (χ4v) is 4.60. The maximum Gasteiger partial charge on any atom is 0.307 e. The van der Waals surface area contributed by atoms with Crippen molar-refractivity contribution in [3.63, 3.8) is 0 Å². The van der Waals surface area contributed by atoms with Crippen molar-refractivity contribution in [3.05, 3.63) is 94.6 Å². The number of nitrogens with one attached hydrogen (secondary N) is 1. The predicted molar refractivity (Wildman–Crippen MR) is 143 cm³/mol. The molecular weight excluding hydrogens is 492 g/mol. The molecule has 37 heavy (non-hydrogen) atoms. The number of carbonyl (C=O) groups is 2. The highest BCUT2D eigenvalue weighted by Crippen LogP contribution is 2.40. The van der Waals surface area contributed by atoms with Gasteiger partial charge in [-0.2, -0.15) is 0 Å². The van der Waals surface area contributed by atoms with Crippen molar-refractivity contribution >= 4 is 40.8 Å². The molecule has 2 heterocycles. The number of pyridine rings is 1. The molecule has 0 bridgehead atoms. The molecule has 0 saturated heterocycles. The number of rotatable bonds is 6. The summed E-state index contributed by atoms with van der Waals surface area (Å²) in [5.41, 5.74) is 5.51. The number of halogens is 1. The summed E-state index contributed by atoms with van der Waals surface area (Å²) in [4.78, 5) is 28.6. The maximum atomic E-state index is 12.8. The zero-order chi connectivity index (χ0) is 26.1. The van der Waals surface area contributed by atoms with E-state index in [4.69, 9.17) is 16.3 Å². The normalized spacial score (nSPS) is 13.4. The first kappa shape index (κ1) is 24.1. The first-order chi connectivity index (χ1) is 17.8. The fraction of sp³-hybridized carbons (Fsp3) is 0.0690. The molecule has 0 fully saturated rings. The standard InChI is InChI=1S/C29H21ClN2O5/c1-37-27-9-6-16(10-18(27)12-28(34)35)11-21-20-13-22(23(30)14-25(20)32-29(21)36)24-8-7-17(15-31-24)19-4-2-3-5-26(19)33/h2-11,13-15,33H,12H2,1H3,(H,32,36)(H,34,35). The van der Waals surface area contributed by atoms with Crippen molar-refractivity contribution in [2.24, 2.45) is 0 Å². The Balaban J connectivity index is 1.53. The monoisotopic (exact) mass is 512 g/mol. The molecule has 7 nitrogen and oxygen atoms in total. The largest absolute Gasteiger partial charge is 0.507 e. The maximum absolute atomic E-state index is 12.8. The minimum absolute atomic E-state index is 0.164. The Morgan fingerprint density at radius 1 is 1.05 bits per heavy atom. The number of aliphatic carboxylic acids is 1. The quantitative estimate of drug-likeness (QED) is 0.277. The molecule has 5 rings (SSSR count). The van der Waals surface area contributed by atoms with E-state index in [0.29, 0.717) is 55.5 Å². The molecule has 8 heteroatoms. The van der Waals surface area contributed by atoms with E-state index in [1.807, 2.05) is 30.3 Å². The second-order valence-corrected chi connectivity index (χ2v) is 8.89. The van der Waals surface area contributed by atoms with Gasteiger partial charge in [0, 0.05) is 39.6 Å². The van der Waals surface area contributed by atoms with Crippen LogP contribution in [0.2, 0.25) is 5.02 Å². The van der Waals surface area contributed by atoms with Gasteiger partial charge in [-0.25, -0.2) is 0 Å². The summed E-state index contributed by atoms with van der Waals surface area (Å²) in [6, 6.07) is 19.3. The molecule has 0 unspecified atom stereocenters. The number of carboxylic acids is 1. The lowest BCUT2D eigenvalue weighted by Gasteiger charge is -2.10. The average molecular weight is 513 g/mol. The zero-order valence-corrected chi connectivity index (χ0v) is 20.4. The van der Waals surface area contributed by atoms with Crippen LogP contribution in [-0.4, -0.2) is 34.2 Å². The molecule has 184 valence electrons. The number of phenols is 1. The Bertz CT molecular complexity index is 1580. The van der Waals surface area contributed by atoms with Crippen LogP contribution in [0, 0.1) is 0 Å². The summed E-state index contributed by atoms with van der Waals surface area (Å²) in [5, 5.41) is 22.6. The molecule has 0 atom stereocenters. The first-order valence-corrected chi connectivity index (χ1v) is 11.7. The van der Waals surface area contributed by atoms with E-state index in [9.17, 15) is 19.8 Å². The number of carbonyl (C=O) groups excluding carboxylic acids is 1. The molecule has 4 aromatic rings. The van der Waals surface area contributed by atoms with Gasteiger partial charge in [0.2, 0.25) is 0 Å². The summed E-state index contributed by atoms with van der Waals surface area (Å²) in [5.74, 6) is -0.640. The van der Waals surface area contributed by atoms with Crippen molar-refractivity contribution in [1.29, 1.82) is 0 Å². The number of carboxylic acid groups (broad SMARTS) is 1. The molecule has 3 N–H and O–H groups in total. The van der Waals surface area contributed by atoms with Gasteiger partial charge in [-0.3, -0.25) is 14.6 Å². The smallest absolute Gasteiger partial charge is 0.307 e. The number of amides is 1. The summed E-state index contributed by atoms with van der Waals surface area (Å²) < 4.78 is 5.27. The van der Waals surface area contributed by atoms with E-state index in [2.05, 4.69) is 10.3 Å². The van der Waals surface area contributed by atoms with Gasteiger partial charge in [0.1, 0.15) is 11.5 Å². The van der Waals surface area contributed by atoms with Crippen LogP contribution < -0.4 is 10.1 Å². The number of aromatic hydroxyl groups is 1. The van der Waals surface area contributed by atoms with Gasteiger partial charge in [-0.05, 0) is 48.0 Å². The van der Waals surface area contributed by atoms with Crippen LogP contribution in [-0.2, 0) is 16.0 Å². The minimum Gasteiger partial charge on any atom is -0.507 e. The zero-order valence-electron chi connectivity index (χ0n) is 19.7. The fourth-order valence-electron chi connectivity index (χ4n) is 4.34. The third-order valence-corrected chi connectivity index (χ3v) is 6.41. The first-order valence-electron chi connectivity index (χ1n) is 11.3. The number of fused-ring (bicyclic) bond motifs is 1. The van der Waals surface area contributed by atoms with E-state index in [0.717, 1.165) is 5.56 Å². The number of para-hydroxylation sites is 1. The van der Waals surface area contributed by atoms with Gasteiger partial charge in [-0.15, -0.1) is 0 Å². The molecule has 0 aliphatic carbocycles. The molecule has 0 spiro atoms. The van der Waals surface area contributed by atoms with Gasteiger partial charge >= 0.3 is 5.97 Å². The highest BCUT2D eigenvalue weighted by atomic mass is 35.5. The SMILES string of the molecule is COc1ccc(C=C2C(=O)Nc3cc(Cl)c(-c4ccc(-c5ccccc5O)cn4)cc32)cc1CC(=O)O. The van der Waals surface area contributed by atoms with Crippen molar-refractivity contribution in [1.82, 2.24) is 4.98 Å². The van der Waals surface area contributed by atoms with E-state index >= 15 is 0 Å². The van der Waals surface area contributed by atoms with E-state index in [1.54, 1.807) is 48.7 Å². The number of ether oxygens (including phenoxy) is 1. The molecule has 1 aliphatic heterocycles. The Hall–Kier alpha value is -4.62. The number of benzene rings is 3. The van der Waals surface area contributed by atoms with Crippen LogP contribution in [0.25, 0.3) is 34.0 Å². The number of phenolic OH excluding ortho intramolecular Hbond substituents is 1.